The van der Waals surface area contributed by atoms with E-state index in [1.165, 1.54) is 37.1 Å². The van der Waals surface area contributed by atoms with Crippen molar-refractivity contribution in [1.82, 2.24) is 19.3 Å². The number of hydrogen-bond donors (Lipinski definition) is 2. The zero-order valence-electron chi connectivity index (χ0n) is 18.5. The van der Waals surface area contributed by atoms with Gasteiger partial charge in [-0.2, -0.15) is 0 Å². The summed E-state index contributed by atoms with van der Waals surface area (Å²) >= 11 is 0. The molecule has 0 radical (unpaired) electrons. The molecule has 1 aromatic heterocycles. The average molecular weight is 479 g/mol. The molecule has 0 saturated carbocycles. The van der Waals surface area contributed by atoms with E-state index in [0.717, 1.165) is 21.0 Å². The van der Waals surface area contributed by atoms with E-state index in [2.05, 4.69) is 4.98 Å². The molecule has 0 aliphatic carbocycles. The van der Waals surface area contributed by atoms with Crippen molar-refractivity contribution in [2.24, 2.45) is 0 Å². The molecule has 2 N–H and O–H groups in total. The number of carbonyl (C=O) groups excluding carboxylic acids is 1. The van der Waals surface area contributed by atoms with Crippen molar-refractivity contribution in [3.05, 3.63) is 94.5 Å². The first-order valence-electron chi connectivity index (χ1n) is 10.3. The summed E-state index contributed by atoms with van der Waals surface area (Å²) in [6, 6.07) is 18.5. The van der Waals surface area contributed by atoms with Crippen LogP contribution >= 0.6 is 0 Å². The topological polar surface area (TPSA) is 122 Å². The van der Waals surface area contributed by atoms with Crippen molar-refractivity contribution in [1.29, 1.82) is 0 Å². The fraction of sp³-hybridized carbons (Fsp3) is 0.125. The van der Waals surface area contributed by atoms with Gasteiger partial charge in [-0.3, -0.25) is 19.4 Å². The Hall–Kier alpha value is -3.86. The maximum atomic E-state index is 13.0. The predicted octanol–water partition coefficient (Wildman–Crippen LogP) is 2.48. The molecule has 0 bridgehead atoms. The van der Waals surface area contributed by atoms with Gasteiger partial charge in [0.2, 0.25) is 10.0 Å². The van der Waals surface area contributed by atoms with Crippen molar-refractivity contribution in [2.45, 2.75) is 11.4 Å². The highest BCUT2D eigenvalue weighted by Crippen LogP contribution is 2.25. The lowest BCUT2D eigenvalue weighted by molar-refractivity contribution is 0.0706. The molecule has 1 heterocycles. The predicted molar refractivity (Wildman–Crippen MR) is 127 cm³/mol. The highest BCUT2D eigenvalue weighted by Gasteiger charge is 2.17. The Balaban J connectivity index is 1.69. The van der Waals surface area contributed by atoms with Crippen LogP contribution in [-0.4, -0.2) is 47.5 Å². The minimum Gasteiger partial charge on any atom is -0.294 e. The molecule has 0 atom stereocenters. The highest BCUT2D eigenvalue weighted by molar-refractivity contribution is 7.89. The zero-order chi connectivity index (χ0) is 24.5. The molecule has 34 heavy (non-hydrogen) atoms. The number of rotatable bonds is 6. The van der Waals surface area contributed by atoms with E-state index in [1.54, 1.807) is 29.7 Å². The fourth-order valence-corrected chi connectivity index (χ4v) is 4.52. The summed E-state index contributed by atoms with van der Waals surface area (Å²) in [5, 5.41) is 9.10. The molecule has 0 fully saturated rings. The summed E-state index contributed by atoms with van der Waals surface area (Å²) in [4.78, 5) is 29.2. The van der Waals surface area contributed by atoms with Gasteiger partial charge in [0.1, 0.15) is 0 Å². The van der Waals surface area contributed by atoms with Crippen molar-refractivity contribution in [3.63, 3.8) is 0 Å². The SMILES string of the molecule is CN(C)S(=O)(=O)c1cccc(-c2cccc(Cn3cnc4ccc(C(=O)NO)cc4c3=O)c2)c1. The monoisotopic (exact) mass is 478 g/mol. The summed E-state index contributed by atoms with van der Waals surface area (Å²) in [7, 11) is -0.602. The number of nitrogens with one attached hydrogen (secondary N) is 1. The number of nitrogens with zero attached hydrogens (tertiary/aromatic N) is 3. The van der Waals surface area contributed by atoms with E-state index in [0.29, 0.717) is 5.52 Å². The van der Waals surface area contributed by atoms with Gasteiger partial charge >= 0.3 is 0 Å². The van der Waals surface area contributed by atoms with Crippen LogP contribution in [0, 0.1) is 0 Å². The first-order chi connectivity index (χ1) is 16.2. The van der Waals surface area contributed by atoms with Gasteiger partial charge in [0.25, 0.3) is 11.5 Å². The van der Waals surface area contributed by atoms with Gasteiger partial charge in [0, 0.05) is 19.7 Å². The van der Waals surface area contributed by atoms with Crippen LogP contribution in [0.3, 0.4) is 0 Å². The van der Waals surface area contributed by atoms with E-state index in [4.69, 9.17) is 5.21 Å². The van der Waals surface area contributed by atoms with E-state index in [1.807, 2.05) is 30.3 Å². The van der Waals surface area contributed by atoms with E-state index >= 15 is 0 Å². The van der Waals surface area contributed by atoms with E-state index in [9.17, 15) is 18.0 Å². The van der Waals surface area contributed by atoms with Crippen LogP contribution in [0.2, 0.25) is 0 Å². The van der Waals surface area contributed by atoms with Gasteiger partial charge in [-0.05, 0) is 53.1 Å². The van der Waals surface area contributed by atoms with Crippen LogP contribution in [0.25, 0.3) is 22.0 Å². The molecule has 0 spiro atoms. The summed E-state index contributed by atoms with van der Waals surface area (Å²) < 4.78 is 27.6. The maximum Gasteiger partial charge on any atom is 0.274 e. The molecule has 174 valence electrons. The normalized spacial score (nSPS) is 11.6. The number of aromatic nitrogens is 2. The standard InChI is InChI=1S/C24H22N4O5S/c1-27(2)34(32,33)20-8-4-7-18(12-20)17-6-3-5-16(11-17)14-28-15-25-22-10-9-19(23(29)26-31)13-21(22)24(28)30/h3-13,15,31H,14H2,1-2H3,(H,26,29). The number of amides is 1. The largest absolute Gasteiger partial charge is 0.294 e. The van der Waals surface area contributed by atoms with Crippen LogP contribution in [-0.2, 0) is 16.6 Å². The Morgan fingerprint density at radius 1 is 1.03 bits per heavy atom. The summed E-state index contributed by atoms with van der Waals surface area (Å²) in [6.45, 7) is 0.224. The molecule has 4 aromatic rings. The maximum absolute atomic E-state index is 13.0. The molecule has 0 unspecified atom stereocenters. The van der Waals surface area contributed by atoms with Crippen molar-refractivity contribution in [2.75, 3.05) is 14.1 Å². The third kappa shape index (κ3) is 4.46. The summed E-state index contributed by atoms with van der Waals surface area (Å²) in [5.74, 6) is -0.720. The number of carbonyl (C=O) groups is 1. The number of hydrogen-bond acceptors (Lipinski definition) is 6. The van der Waals surface area contributed by atoms with Crippen molar-refractivity contribution in [3.8, 4) is 11.1 Å². The second-order valence-electron chi connectivity index (χ2n) is 7.87. The molecular weight excluding hydrogens is 456 g/mol. The van der Waals surface area contributed by atoms with E-state index in [-0.39, 0.29) is 27.9 Å². The minimum atomic E-state index is -3.57. The second-order valence-corrected chi connectivity index (χ2v) is 10.0. The zero-order valence-corrected chi connectivity index (χ0v) is 19.3. The van der Waals surface area contributed by atoms with Gasteiger partial charge < -0.3 is 0 Å². The van der Waals surface area contributed by atoms with Gasteiger partial charge in [-0.15, -0.1) is 0 Å². The smallest absolute Gasteiger partial charge is 0.274 e. The molecule has 9 nitrogen and oxygen atoms in total. The van der Waals surface area contributed by atoms with Crippen LogP contribution < -0.4 is 11.0 Å². The van der Waals surface area contributed by atoms with Crippen LogP contribution in [0.15, 0.2) is 82.7 Å². The van der Waals surface area contributed by atoms with Gasteiger partial charge in [-0.1, -0.05) is 30.3 Å². The Morgan fingerprint density at radius 3 is 2.44 bits per heavy atom. The Morgan fingerprint density at radius 2 is 1.74 bits per heavy atom. The third-order valence-corrected chi connectivity index (χ3v) is 7.22. The minimum absolute atomic E-state index is 0.140. The lowest BCUT2D eigenvalue weighted by atomic mass is 10.0. The number of fused-ring (bicyclic) bond motifs is 1. The second kappa shape index (κ2) is 9.18. The molecule has 1 amide bonds. The highest BCUT2D eigenvalue weighted by atomic mass is 32.2. The van der Waals surface area contributed by atoms with Gasteiger partial charge in [0.15, 0.2) is 0 Å². The number of sulfonamides is 1. The quantitative estimate of drug-likeness (QED) is 0.324. The molecule has 0 aliphatic rings. The van der Waals surface area contributed by atoms with Crippen molar-refractivity contribution >= 4 is 26.8 Å². The third-order valence-electron chi connectivity index (χ3n) is 5.41. The molecule has 0 aliphatic heterocycles. The molecular formula is C24H22N4O5S. The lowest BCUT2D eigenvalue weighted by Crippen LogP contribution is -2.23. The molecule has 10 heteroatoms. The van der Waals surface area contributed by atoms with Crippen molar-refractivity contribution < 1.29 is 18.4 Å². The first-order valence-corrected chi connectivity index (χ1v) is 11.7. The first kappa shape index (κ1) is 23.3. The average Bonchev–Trinajstić information content (AvgIpc) is 2.85. The number of hydroxylamine groups is 1. The Bertz CT molecular complexity index is 1560. The summed E-state index contributed by atoms with van der Waals surface area (Å²) in [5.41, 5.74) is 4.14. The Kier molecular flexibility index (Phi) is 6.29. The number of benzene rings is 3. The van der Waals surface area contributed by atoms with Crippen LogP contribution in [0.4, 0.5) is 0 Å². The Labute approximate surface area is 195 Å². The summed E-state index contributed by atoms with van der Waals surface area (Å²) in [6.07, 6.45) is 1.44. The van der Waals surface area contributed by atoms with Gasteiger partial charge in [-0.25, -0.2) is 23.2 Å². The van der Waals surface area contributed by atoms with Crippen LogP contribution in [0.5, 0.6) is 0 Å². The molecule has 3 aromatic carbocycles. The molecule has 4 rings (SSSR count). The van der Waals surface area contributed by atoms with E-state index < -0.39 is 15.9 Å². The van der Waals surface area contributed by atoms with Crippen LogP contribution in [0.1, 0.15) is 15.9 Å². The fourth-order valence-electron chi connectivity index (χ4n) is 3.57. The lowest BCUT2D eigenvalue weighted by Gasteiger charge is -2.13. The van der Waals surface area contributed by atoms with Gasteiger partial charge in [0.05, 0.1) is 28.7 Å². The molecule has 0 saturated heterocycles.